The molecule has 1 aromatic rings. The van der Waals surface area contributed by atoms with Crippen molar-refractivity contribution in [3.05, 3.63) is 39.9 Å². The zero-order chi connectivity index (χ0) is 20.8. The first-order valence-corrected chi connectivity index (χ1v) is 9.59. The van der Waals surface area contributed by atoms with Crippen LogP contribution in [0.25, 0.3) is 0 Å². The number of carbonyl (C=O) groups excluding carboxylic acids is 2. The molecule has 0 saturated carbocycles. The molecule has 0 amide bonds. The van der Waals surface area contributed by atoms with Crippen LogP contribution in [0, 0.1) is 10.1 Å². The van der Waals surface area contributed by atoms with Crippen molar-refractivity contribution in [3.63, 3.8) is 0 Å². The Morgan fingerprint density at radius 3 is 2.48 bits per heavy atom. The molecular formula is C13H13Cl3N2O8S. The molecule has 0 bridgehead atoms. The minimum atomic E-state index is -4.72. The van der Waals surface area contributed by atoms with Gasteiger partial charge in [0, 0.05) is 17.7 Å². The molecule has 0 aliphatic heterocycles. The summed E-state index contributed by atoms with van der Waals surface area (Å²) in [5, 5.41) is 10.8. The Bertz CT molecular complexity index is 825. The van der Waals surface area contributed by atoms with Crippen molar-refractivity contribution in [2.45, 2.75) is 16.8 Å². The maximum absolute atomic E-state index is 12.5. The summed E-state index contributed by atoms with van der Waals surface area (Å²) in [6.45, 7) is 0.377. The fourth-order valence-corrected chi connectivity index (χ4v) is 2.95. The van der Waals surface area contributed by atoms with Crippen molar-refractivity contribution in [2.24, 2.45) is 0 Å². The Balaban J connectivity index is 3.14. The number of carbonyl (C=O) groups is 2. The first kappa shape index (κ1) is 23.5. The summed E-state index contributed by atoms with van der Waals surface area (Å²) in [5.41, 5.74) is -0.731. The Morgan fingerprint density at radius 1 is 1.33 bits per heavy atom. The van der Waals surface area contributed by atoms with Gasteiger partial charge in [0.15, 0.2) is 11.8 Å². The number of ether oxygens (including phenoxy) is 1. The highest BCUT2D eigenvalue weighted by molar-refractivity contribution is 7.84. The van der Waals surface area contributed by atoms with Gasteiger partial charge in [-0.05, 0) is 6.92 Å². The van der Waals surface area contributed by atoms with E-state index in [-0.39, 0.29) is 12.2 Å². The summed E-state index contributed by atoms with van der Waals surface area (Å²) >= 11 is 16.2. The monoisotopic (exact) mass is 462 g/mol. The lowest BCUT2D eigenvalue weighted by molar-refractivity contribution is -0.384. The number of nitro groups is 1. The number of esters is 1. The number of alkyl halides is 3. The number of benzene rings is 1. The fraction of sp³-hybridized carbons (Fsp3) is 0.385. The Morgan fingerprint density at radius 2 is 1.96 bits per heavy atom. The van der Waals surface area contributed by atoms with E-state index in [1.165, 1.54) is 13.0 Å². The number of nitrogens with zero attached hydrogens (tertiary/aromatic N) is 1. The van der Waals surface area contributed by atoms with Crippen LogP contribution in [0.15, 0.2) is 24.3 Å². The van der Waals surface area contributed by atoms with Gasteiger partial charge in [-0.25, -0.2) is 4.79 Å². The highest BCUT2D eigenvalue weighted by Gasteiger charge is 2.35. The maximum atomic E-state index is 12.5. The zero-order valence-electron chi connectivity index (χ0n) is 13.6. The summed E-state index contributed by atoms with van der Waals surface area (Å²) in [7, 11) is -4.72. The van der Waals surface area contributed by atoms with Gasteiger partial charge >= 0.3 is 16.3 Å². The topological polar surface area (TPSA) is 142 Å². The number of rotatable bonds is 9. The molecule has 0 fully saturated rings. The van der Waals surface area contributed by atoms with E-state index in [1.807, 2.05) is 0 Å². The van der Waals surface area contributed by atoms with Crippen LogP contribution in [0.5, 0.6) is 0 Å². The van der Waals surface area contributed by atoms with Gasteiger partial charge in [0.25, 0.3) is 5.69 Å². The summed E-state index contributed by atoms with van der Waals surface area (Å²) in [5.74, 6) is -2.34. The summed E-state index contributed by atoms with van der Waals surface area (Å²) < 4.78 is 32.5. The summed E-state index contributed by atoms with van der Waals surface area (Å²) in [6.07, 6.45) is 0. The molecule has 1 N–H and O–H groups in total. The minimum Gasteiger partial charge on any atom is -0.464 e. The molecule has 14 heteroatoms. The highest BCUT2D eigenvalue weighted by Crippen LogP contribution is 2.26. The Labute approximate surface area is 169 Å². The smallest absolute Gasteiger partial charge is 0.337 e. The molecule has 1 rings (SSSR count). The van der Waals surface area contributed by atoms with E-state index in [9.17, 15) is 28.1 Å². The molecule has 0 radical (unpaired) electrons. The number of non-ortho nitro benzene ring substituents is 1. The predicted octanol–water partition coefficient (Wildman–Crippen LogP) is 1.93. The van der Waals surface area contributed by atoms with Crippen molar-refractivity contribution in [3.8, 4) is 0 Å². The quantitative estimate of drug-likeness (QED) is 0.146. The number of hydrogen-bond donors (Lipinski definition) is 1. The lowest BCUT2D eigenvalue weighted by Gasteiger charge is -2.17. The van der Waals surface area contributed by atoms with Gasteiger partial charge in [0.2, 0.25) is 3.79 Å². The molecule has 0 saturated heterocycles. The molecular weight excluding hydrogens is 451 g/mol. The first-order valence-electron chi connectivity index (χ1n) is 7.05. The number of nitro benzene ring substituents is 1. The standard InChI is InChI=1S/C13H13Cl3N2O8S/c1-2-25-12(20)10(17-27(23,24)26-7-13(14,15)16)11(19)8-4-3-5-9(6-8)18(21)22/h3-6,10,17H,2,7H2,1H3. The number of Topliss-reactive ketones (excluding diaryl/α,β-unsaturated/α-hetero) is 1. The molecule has 0 aliphatic carbocycles. The first-order chi connectivity index (χ1) is 12.4. The van der Waals surface area contributed by atoms with E-state index in [4.69, 9.17) is 34.8 Å². The highest BCUT2D eigenvalue weighted by atomic mass is 35.6. The van der Waals surface area contributed by atoms with Gasteiger partial charge in [-0.15, -0.1) is 0 Å². The molecule has 0 spiro atoms. The molecule has 1 aromatic carbocycles. The number of ketones is 1. The Hall–Kier alpha value is -1.50. The second-order valence-electron chi connectivity index (χ2n) is 4.81. The molecule has 1 atom stereocenters. The molecule has 0 heterocycles. The van der Waals surface area contributed by atoms with E-state index in [2.05, 4.69) is 8.92 Å². The van der Waals surface area contributed by atoms with E-state index >= 15 is 0 Å². The van der Waals surface area contributed by atoms with Crippen LogP contribution < -0.4 is 4.72 Å². The number of nitrogens with one attached hydrogen (secondary N) is 1. The number of halogens is 3. The molecule has 27 heavy (non-hydrogen) atoms. The maximum Gasteiger partial charge on any atom is 0.337 e. The van der Waals surface area contributed by atoms with Crippen molar-refractivity contribution in [2.75, 3.05) is 13.2 Å². The summed E-state index contributed by atoms with van der Waals surface area (Å²) in [4.78, 5) is 34.6. The average Bonchev–Trinajstić information content (AvgIpc) is 2.57. The van der Waals surface area contributed by atoms with Crippen LogP contribution in [0.2, 0.25) is 0 Å². The van der Waals surface area contributed by atoms with Crippen LogP contribution in [0.4, 0.5) is 5.69 Å². The summed E-state index contributed by atoms with van der Waals surface area (Å²) in [6, 6.07) is 2.29. The van der Waals surface area contributed by atoms with Gasteiger partial charge in [-0.3, -0.25) is 19.1 Å². The van der Waals surface area contributed by atoms with Gasteiger partial charge in [-0.1, -0.05) is 46.9 Å². The third-order valence-corrected chi connectivity index (χ3v) is 4.05. The Kier molecular flexibility index (Phi) is 8.39. The molecule has 1 unspecified atom stereocenters. The van der Waals surface area contributed by atoms with Gasteiger partial charge in [-0.2, -0.15) is 13.1 Å². The van der Waals surface area contributed by atoms with Crippen molar-refractivity contribution in [1.82, 2.24) is 4.72 Å². The lowest BCUT2D eigenvalue weighted by Crippen LogP contribution is -2.48. The van der Waals surface area contributed by atoms with Gasteiger partial charge < -0.3 is 4.74 Å². The average molecular weight is 464 g/mol. The number of hydrogen-bond acceptors (Lipinski definition) is 8. The van der Waals surface area contributed by atoms with E-state index in [0.29, 0.717) is 0 Å². The molecule has 0 aliphatic rings. The third kappa shape index (κ3) is 7.95. The third-order valence-electron chi connectivity index (χ3n) is 2.77. The van der Waals surface area contributed by atoms with Gasteiger partial charge in [0.05, 0.1) is 11.5 Å². The van der Waals surface area contributed by atoms with E-state index < -0.39 is 49.1 Å². The second kappa shape index (κ2) is 9.62. The fourth-order valence-electron chi connectivity index (χ4n) is 1.70. The van der Waals surface area contributed by atoms with Gasteiger partial charge in [0.1, 0.15) is 6.61 Å². The lowest BCUT2D eigenvalue weighted by atomic mass is 10.0. The molecule has 0 aromatic heterocycles. The minimum absolute atomic E-state index is 0.158. The molecule has 150 valence electrons. The normalized spacial score (nSPS) is 13.0. The van der Waals surface area contributed by atoms with Crippen LogP contribution in [0.1, 0.15) is 17.3 Å². The van der Waals surface area contributed by atoms with Crippen molar-refractivity contribution < 1.29 is 31.9 Å². The predicted molar refractivity (Wildman–Crippen MR) is 96.1 cm³/mol. The van der Waals surface area contributed by atoms with Crippen LogP contribution in [0.3, 0.4) is 0 Å². The van der Waals surface area contributed by atoms with Crippen molar-refractivity contribution >= 4 is 62.5 Å². The zero-order valence-corrected chi connectivity index (χ0v) is 16.6. The van der Waals surface area contributed by atoms with E-state index in [0.717, 1.165) is 18.2 Å². The van der Waals surface area contributed by atoms with E-state index in [1.54, 1.807) is 4.72 Å². The van der Waals surface area contributed by atoms with Crippen LogP contribution in [-0.4, -0.2) is 48.1 Å². The van der Waals surface area contributed by atoms with Crippen molar-refractivity contribution in [1.29, 1.82) is 0 Å². The van der Waals surface area contributed by atoms with Crippen LogP contribution in [-0.2, 0) is 24.0 Å². The SMILES string of the molecule is CCOC(=O)C(NS(=O)(=O)OCC(Cl)(Cl)Cl)C(=O)c1cccc([N+](=O)[O-])c1. The second-order valence-corrected chi connectivity index (χ2v) is 8.70. The van der Waals surface area contributed by atoms with Crippen LogP contribution >= 0.6 is 34.8 Å². The largest absolute Gasteiger partial charge is 0.464 e. The molecule has 10 nitrogen and oxygen atoms in total.